The molecule has 0 saturated carbocycles. The van der Waals surface area contributed by atoms with Gasteiger partial charge >= 0.3 is 0 Å². The van der Waals surface area contributed by atoms with Crippen molar-refractivity contribution in [2.75, 3.05) is 6.54 Å². The van der Waals surface area contributed by atoms with E-state index in [-0.39, 0.29) is 18.9 Å². The number of azide groups is 1. The summed E-state index contributed by atoms with van der Waals surface area (Å²) in [4.78, 5) is 2.56. The van der Waals surface area contributed by atoms with Crippen LogP contribution in [0.15, 0.2) is 23.3 Å². The van der Waals surface area contributed by atoms with Gasteiger partial charge in [0.1, 0.15) is 5.82 Å². The summed E-state index contributed by atoms with van der Waals surface area (Å²) in [5.41, 5.74) is 14.8. The lowest BCUT2D eigenvalue weighted by Gasteiger charge is -2.00. The smallest absolute Gasteiger partial charge is 0.123 e. The third kappa shape index (κ3) is 3.31. The minimum atomic E-state index is -0.337. The number of nitrogens with two attached hydrogens (primary N) is 1. The maximum atomic E-state index is 12.8. The van der Waals surface area contributed by atoms with Crippen LogP contribution >= 0.6 is 0 Å². The predicted molar refractivity (Wildman–Crippen MR) is 55.2 cm³/mol. The van der Waals surface area contributed by atoms with E-state index in [1.807, 2.05) is 0 Å². The van der Waals surface area contributed by atoms with E-state index in [4.69, 9.17) is 11.3 Å². The molecule has 76 valence electrons. The van der Waals surface area contributed by atoms with Gasteiger partial charge in [0.25, 0.3) is 0 Å². The van der Waals surface area contributed by atoms with Crippen LogP contribution in [-0.4, -0.2) is 6.54 Å². The summed E-state index contributed by atoms with van der Waals surface area (Å²) in [5.74, 6) is 5.08. The molecule has 0 spiro atoms. The molecule has 1 rings (SSSR count). The Morgan fingerprint density at radius 3 is 3.00 bits per heavy atom. The van der Waals surface area contributed by atoms with E-state index in [9.17, 15) is 4.39 Å². The molecule has 0 heterocycles. The van der Waals surface area contributed by atoms with E-state index in [0.29, 0.717) is 11.1 Å². The van der Waals surface area contributed by atoms with Crippen molar-refractivity contribution < 1.29 is 4.39 Å². The number of hydrogen-bond donors (Lipinski definition) is 1. The van der Waals surface area contributed by atoms with Gasteiger partial charge < -0.3 is 5.73 Å². The maximum absolute atomic E-state index is 12.8. The minimum absolute atomic E-state index is 0.0951. The Hall–Kier alpha value is -2.02. The van der Waals surface area contributed by atoms with Gasteiger partial charge in [0, 0.05) is 17.0 Å². The molecule has 1 aromatic rings. The largest absolute Gasteiger partial charge is 0.326 e. The van der Waals surface area contributed by atoms with Crippen LogP contribution in [0.5, 0.6) is 0 Å². The third-order valence-corrected chi connectivity index (χ3v) is 1.72. The lowest BCUT2D eigenvalue weighted by Crippen LogP contribution is -2.00. The zero-order valence-corrected chi connectivity index (χ0v) is 7.94. The second-order valence-corrected chi connectivity index (χ2v) is 2.70. The zero-order chi connectivity index (χ0) is 11.1. The van der Waals surface area contributed by atoms with Crippen molar-refractivity contribution in [3.63, 3.8) is 0 Å². The Bertz CT molecular complexity index is 452. The molecule has 0 aliphatic heterocycles. The highest BCUT2D eigenvalue weighted by atomic mass is 19.1. The summed E-state index contributed by atoms with van der Waals surface area (Å²) < 4.78 is 12.8. The van der Waals surface area contributed by atoms with E-state index >= 15 is 0 Å². The Kier molecular flexibility index (Phi) is 4.17. The lowest BCUT2D eigenvalue weighted by molar-refractivity contribution is 0.625. The molecule has 15 heavy (non-hydrogen) atoms. The van der Waals surface area contributed by atoms with E-state index in [1.54, 1.807) is 6.07 Å². The van der Waals surface area contributed by atoms with E-state index in [2.05, 4.69) is 21.9 Å². The number of nitrogens with zero attached hydrogens (tertiary/aromatic N) is 3. The molecule has 0 atom stereocenters. The third-order valence-electron chi connectivity index (χ3n) is 1.72. The van der Waals surface area contributed by atoms with Crippen LogP contribution in [0.2, 0.25) is 0 Å². The monoisotopic (exact) mass is 204 g/mol. The fourth-order valence-electron chi connectivity index (χ4n) is 1.05. The van der Waals surface area contributed by atoms with Crippen molar-refractivity contribution in [1.82, 2.24) is 0 Å². The number of hydrogen-bond acceptors (Lipinski definition) is 2. The fourth-order valence-corrected chi connectivity index (χ4v) is 1.05. The molecule has 0 saturated heterocycles. The summed E-state index contributed by atoms with van der Waals surface area (Å²) in [6, 6.07) is 4.22. The van der Waals surface area contributed by atoms with Crippen LogP contribution in [0.25, 0.3) is 10.4 Å². The van der Waals surface area contributed by atoms with Gasteiger partial charge in [-0.2, -0.15) is 0 Å². The molecule has 0 amide bonds. The van der Waals surface area contributed by atoms with Crippen LogP contribution in [-0.2, 0) is 6.54 Å². The highest BCUT2D eigenvalue weighted by molar-refractivity contribution is 5.41. The first kappa shape index (κ1) is 11.1. The second kappa shape index (κ2) is 5.66. The van der Waals surface area contributed by atoms with Gasteiger partial charge in [-0.1, -0.05) is 17.0 Å². The van der Waals surface area contributed by atoms with Crippen LogP contribution in [0.4, 0.5) is 4.39 Å². The van der Waals surface area contributed by atoms with Crippen molar-refractivity contribution >= 4 is 0 Å². The number of halogens is 1. The molecule has 0 unspecified atom stereocenters. The zero-order valence-electron chi connectivity index (χ0n) is 7.94. The van der Waals surface area contributed by atoms with Crippen LogP contribution < -0.4 is 5.73 Å². The molecule has 0 aliphatic rings. The molecule has 0 bridgehead atoms. The number of benzene rings is 1. The van der Waals surface area contributed by atoms with Gasteiger partial charge in [-0.15, -0.1) is 0 Å². The van der Waals surface area contributed by atoms with E-state index in [1.165, 1.54) is 12.1 Å². The lowest BCUT2D eigenvalue weighted by atomic mass is 10.1. The molecular weight excluding hydrogens is 195 g/mol. The first-order valence-electron chi connectivity index (χ1n) is 4.26. The van der Waals surface area contributed by atoms with Crippen LogP contribution in [0.1, 0.15) is 11.1 Å². The first-order chi connectivity index (χ1) is 7.27. The second-order valence-electron chi connectivity index (χ2n) is 2.70. The summed E-state index contributed by atoms with van der Waals surface area (Å²) >= 11 is 0. The van der Waals surface area contributed by atoms with Crippen molar-refractivity contribution in [1.29, 1.82) is 0 Å². The Morgan fingerprint density at radius 2 is 2.33 bits per heavy atom. The standard InChI is InChI=1S/C10H9FN4/c11-10-4-3-8(9(6-10)7-12)2-1-5-14-15-13/h3-4,6H,5,7,12H2. The average molecular weight is 204 g/mol. The van der Waals surface area contributed by atoms with Crippen molar-refractivity contribution in [3.8, 4) is 11.8 Å². The quantitative estimate of drug-likeness (QED) is 0.340. The molecule has 2 N–H and O–H groups in total. The highest BCUT2D eigenvalue weighted by Crippen LogP contribution is 2.09. The number of rotatable bonds is 2. The summed E-state index contributed by atoms with van der Waals surface area (Å²) in [6.45, 7) is 0.321. The normalized spacial score (nSPS) is 8.67. The van der Waals surface area contributed by atoms with Crippen molar-refractivity contribution in [2.24, 2.45) is 10.8 Å². The SMILES string of the molecule is [N-]=[N+]=NCC#Cc1ccc(F)cc1CN. The van der Waals surface area contributed by atoms with Crippen molar-refractivity contribution in [3.05, 3.63) is 45.6 Å². The van der Waals surface area contributed by atoms with Crippen LogP contribution in [0, 0.1) is 17.7 Å². The molecule has 0 fully saturated rings. The van der Waals surface area contributed by atoms with Gasteiger partial charge in [0.05, 0.1) is 6.54 Å². The van der Waals surface area contributed by atoms with E-state index < -0.39 is 0 Å². The van der Waals surface area contributed by atoms with Crippen LogP contribution in [0.3, 0.4) is 0 Å². The Balaban J connectivity index is 2.91. The Labute approximate surface area is 86.5 Å². The summed E-state index contributed by atoms with van der Waals surface area (Å²) in [6.07, 6.45) is 0. The molecule has 0 aliphatic carbocycles. The average Bonchev–Trinajstić information content (AvgIpc) is 2.26. The fraction of sp³-hybridized carbons (Fsp3) is 0.200. The van der Waals surface area contributed by atoms with Gasteiger partial charge in [0.15, 0.2) is 0 Å². The molecule has 5 heteroatoms. The topological polar surface area (TPSA) is 74.8 Å². The van der Waals surface area contributed by atoms with E-state index in [0.717, 1.165) is 0 Å². The van der Waals surface area contributed by atoms with Gasteiger partial charge in [-0.3, -0.25) is 0 Å². The minimum Gasteiger partial charge on any atom is -0.326 e. The first-order valence-corrected chi connectivity index (χ1v) is 4.26. The Morgan fingerprint density at radius 1 is 1.53 bits per heavy atom. The summed E-state index contributed by atoms with van der Waals surface area (Å²) in [5, 5.41) is 3.26. The maximum Gasteiger partial charge on any atom is 0.123 e. The molecule has 0 radical (unpaired) electrons. The van der Waals surface area contributed by atoms with Gasteiger partial charge in [-0.05, 0) is 29.3 Å². The van der Waals surface area contributed by atoms with Gasteiger partial charge in [0.2, 0.25) is 0 Å². The molecular formula is C10H9FN4. The summed E-state index contributed by atoms with van der Waals surface area (Å²) in [7, 11) is 0. The van der Waals surface area contributed by atoms with Gasteiger partial charge in [-0.25, -0.2) is 4.39 Å². The molecule has 4 nitrogen and oxygen atoms in total. The van der Waals surface area contributed by atoms with Crippen molar-refractivity contribution in [2.45, 2.75) is 6.54 Å². The predicted octanol–water partition coefficient (Wildman–Crippen LogP) is 1.95. The molecule has 0 aromatic heterocycles. The molecule has 1 aromatic carbocycles. The highest BCUT2D eigenvalue weighted by Gasteiger charge is 1.99.